The van der Waals surface area contributed by atoms with Gasteiger partial charge in [0.1, 0.15) is 23.0 Å². The van der Waals surface area contributed by atoms with Gasteiger partial charge in [-0.05, 0) is 100 Å². The molecule has 0 N–H and O–H groups in total. The average molecular weight is 623 g/mol. The Hall–Kier alpha value is -6.13. The van der Waals surface area contributed by atoms with Crippen LogP contribution in [0.15, 0.2) is 103 Å². The van der Waals surface area contributed by atoms with Gasteiger partial charge in [0, 0.05) is 30.5 Å². The lowest BCUT2D eigenvalue weighted by Crippen LogP contribution is -2.30. The van der Waals surface area contributed by atoms with E-state index in [1.165, 1.54) is 13.8 Å². The van der Waals surface area contributed by atoms with Crippen LogP contribution in [-0.4, -0.2) is 32.4 Å². The van der Waals surface area contributed by atoms with Crippen LogP contribution in [-0.2, 0) is 15.0 Å². The molecule has 0 spiro atoms. The number of ether oxygens (including phenoxy) is 4. The summed E-state index contributed by atoms with van der Waals surface area (Å²) < 4.78 is 21.8. The molecule has 6 rings (SSSR count). The summed E-state index contributed by atoms with van der Waals surface area (Å²) in [5, 5.41) is 0. The smallest absolute Gasteiger partial charge is 0.308 e. The molecule has 0 saturated heterocycles. The molecule has 47 heavy (non-hydrogen) atoms. The summed E-state index contributed by atoms with van der Waals surface area (Å²) in [7, 11) is 3.23. The molecule has 0 saturated carbocycles. The predicted octanol–water partition coefficient (Wildman–Crippen LogP) is 7.13. The Morgan fingerprint density at radius 1 is 0.617 bits per heavy atom. The lowest BCUT2D eigenvalue weighted by molar-refractivity contribution is -0.132. The van der Waals surface area contributed by atoms with Gasteiger partial charge in [-0.2, -0.15) is 0 Å². The van der Waals surface area contributed by atoms with E-state index in [2.05, 4.69) is 11.8 Å². The third kappa shape index (κ3) is 5.62. The quantitative estimate of drug-likeness (QED) is 0.0810. The average Bonchev–Trinajstić information content (AvgIpc) is 3.37. The first-order valence-electron chi connectivity index (χ1n) is 14.8. The monoisotopic (exact) mass is 622 g/mol. The van der Waals surface area contributed by atoms with Gasteiger partial charge in [0.25, 0.3) is 0 Å². The molecule has 0 radical (unpaired) electrons. The summed E-state index contributed by atoms with van der Waals surface area (Å²) in [6.07, 6.45) is 0.814. The van der Waals surface area contributed by atoms with Gasteiger partial charge in [-0.15, -0.1) is 0 Å². The molecule has 0 aromatic heterocycles. The van der Waals surface area contributed by atoms with Crippen LogP contribution >= 0.6 is 0 Å². The van der Waals surface area contributed by atoms with Crippen LogP contribution < -0.4 is 18.9 Å². The molecule has 0 bridgehead atoms. The lowest BCUT2D eigenvalue weighted by Gasteiger charge is -2.35. The molecule has 1 aliphatic carbocycles. The van der Waals surface area contributed by atoms with E-state index in [0.717, 1.165) is 39.7 Å². The van der Waals surface area contributed by atoms with E-state index in [1.807, 2.05) is 66.7 Å². The topological polar surface area (TPSA) is 88.1 Å². The third-order valence-corrected chi connectivity index (χ3v) is 8.18. The first-order chi connectivity index (χ1) is 22.8. The minimum Gasteiger partial charge on any atom is -0.497 e. The standard InChI is InChI=1S/C40H30O7/c1-25(42)46-33-13-5-27(6-14-33)7-20-35-28(24-41)8-21-37-36-22-19-34(47-26(2)43)23-38(36)40(39(35)37,29-9-15-31(44-3)16-10-29)30-11-17-32(45-4)18-12-30/h5-6,8-19,21-24H,1-4H3. The number of carbonyl (C=O) groups is 3. The number of hydrogen-bond acceptors (Lipinski definition) is 7. The molecule has 232 valence electrons. The summed E-state index contributed by atoms with van der Waals surface area (Å²) in [4.78, 5) is 36.2. The van der Waals surface area contributed by atoms with Crippen LogP contribution in [0.4, 0.5) is 0 Å². The van der Waals surface area contributed by atoms with E-state index in [4.69, 9.17) is 18.9 Å². The number of aldehydes is 1. The second-order valence-electron chi connectivity index (χ2n) is 10.9. The summed E-state index contributed by atoms with van der Waals surface area (Å²) in [5.74, 6) is 7.89. The highest BCUT2D eigenvalue weighted by molar-refractivity contribution is 5.93. The van der Waals surface area contributed by atoms with Crippen LogP contribution in [0.2, 0.25) is 0 Å². The fourth-order valence-electron chi connectivity index (χ4n) is 6.25. The number of esters is 2. The first-order valence-corrected chi connectivity index (χ1v) is 14.8. The predicted molar refractivity (Wildman–Crippen MR) is 177 cm³/mol. The Balaban J connectivity index is 1.69. The Kier molecular flexibility index (Phi) is 8.34. The van der Waals surface area contributed by atoms with Crippen molar-refractivity contribution in [2.45, 2.75) is 19.3 Å². The maximum atomic E-state index is 12.7. The van der Waals surface area contributed by atoms with Crippen molar-refractivity contribution in [1.82, 2.24) is 0 Å². The number of fused-ring (bicyclic) bond motifs is 3. The molecule has 7 nitrogen and oxygen atoms in total. The Bertz CT molecular complexity index is 2020. The van der Waals surface area contributed by atoms with Crippen molar-refractivity contribution in [3.05, 3.63) is 142 Å². The second-order valence-corrected chi connectivity index (χ2v) is 10.9. The van der Waals surface area contributed by atoms with E-state index in [0.29, 0.717) is 39.7 Å². The SMILES string of the molecule is COc1ccc(C2(c3ccc(OC)cc3)c3cc(OC(C)=O)ccc3-c3ccc(C=O)c(C#Cc4ccc(OC(C)=O)cc4)c32)cc1. The zero-order valence-electron chi connectivity index (χ0n) is 26.3. The number of benzene rings is 5. The van der Waals surface area contributed by atoms with Crippen molar-refractivity contribution in [2.75, 3.05) is 14.2 Å². The summed E-state index contributed by atoms with van der Waals surface area (Å²) in [6, 6.07) is 31.8. The van der Waals surface area contributed by atoms with E-state index in [-0.39, 0.29) is 0 Å². The molecule has 7 heteroatoms. The number of carbonyl (C=O) groups excluding carboxylic acids is 3. The first kappa shape index (κ1) is 30.9. The van der Waals surface area contributed by atoms with Gasteiger partial charge >= 0.3 is 11.9 Å². The highest BCUT2D eigenvalue weighted by atomic mass is 16.5. The second kappa shape index (κ2) is 12.7. The number of rotatable bonds is 7. The third-order valence-electron chi connectivity index (χ3n) is 8.18. The van der Waals surface area contributed by atoms with Crippen molar-refractivity contribution in [2.24, 2.45) is 0 Å². The van der Waals surface area contributed by atoms with E-state index >= 15 is 0 Å². The zero-order chi connectivity index (χ0) is 33.1. The maximum absolute atomic E-state index is 12.7. The van der Waals surface area contributed by atoms with Crippen molar-refractivity contribution < 1.29 is 33.3 Å². The zero-order valence-corrected chi connectivity index (χ0v) is 26.3. The van der Waals surface area contributed by atoms with Gasteiger partial charge in [0.05, 0.1) is 19.6 Å². The fraction of sp³-hybridized carbons (Fsp3) is 0.125. The Labute approximate surface area is 272 Å². The summed E-state index contributed by atoms with van der Waals surface area (Å²) in [6.45, 7) is 2.71. The molecule has 0 heterocycles. The molecule has 5 aromatic rings. The molecule has 0 amide bonds. The van der Waals surface area contributed by atoms with Crippen LogP contribution in [0, 0.1) is 11.8 Å². The van der Waals surface area contributed by atoms with Crippen LogP contribution in [0.3, 0.4) is 0 Å². The van der Waals surface area contributed by atoms with Gasteiger partial charge in [-0.25, -0.2) is 0 Å². The summed E-state index contributed by atoms with van der Waals surface area (Å²) in [5.41, 5.74) is 5.90. The molecule has 5 aromatic carbocycles. The highest BCUT2D eigenvalue weighted by Gasteiger charge is 2.48. The minimum absolute atomic E-state index is 0.395. The van der Waals surface area contributed by atoms with Crippen LogP contribution in [0.5, 0.6) is 23.0 Å². The minimum atomic E-state index is -0.998. The molecule has 0 atom stereocenters. The summed E-state index contributed by atoms with van der Waals surface area (Å²) >= 11 is 0. The largest absolute Gasteiger partial charge is 0.497 e. The van der Waals surface area contributed by atoms with Gasteiger partial charge in [0.2, 0.25) is 0 Å². The van der Waals surface area contributed by atoms with Gasteiger partial charge in [-0.1, -0.05) is 48.2 Å². The van der Waals surface area contributed by atoms with Gasteiger partial charge < -0.3 is 18.9 Å². The van der Waals surface area contributed by atoms with Crippen molar-refractivity contribution in [3.63, 3.8) is 0 Å². The number of methoxy groups -OCH3 is 2. The molecule has 0 unspecified atom stereocenters. The highest BCUT2D eigenvalue weighted by Crippen LogP contribution is 2.58. The Morgan fingerprint density at radius 3 is 1.66 bits per heavy atom. The Morgan fingerprint density at radius 2 is 1.13 bits per heavy atom. The van der Waals surface area contributed by atoms with E-state index in [1.54, 1.807) is 50.6 Å². The van der Waals surface area contributed by atoms with E-state index in [9.17, 15) is 14.4 Å². The van der Waals surface area contributed by atoms with E-state index < -0.39 is 17.4 Å². The molecule has 0 fully saturated rings. The van der Waals surface area contributed by atoms with Crippen LogP contribution in [0.1, 0.15) is 57.6 Å². The molecule has 1 aliphatic rings. The molecular weight excluding hydrogens is 592 g/mol. The fourth-order valence-corrected chi connectivity index (χ4v) is 6.25. The number of hydrogen-bond donors (Lipinski definition) is 0. The molecular formula is C40H30O7. The van der Waals surface area contributed by atoms with Gasteiger partial charge in [0.15, 0.2) is 6.29 Å². The molecule has 0 aliphatic heterocycles. The maximum Gasteiger partial charge on any atom is 0.308 e. The van der Waals surface area contributed by atoms with Crippen molar-refractivity contribution >= 4 is 18.2 Å². The lowest BCUT2D eigenvalue weighted by atomic mass is 9.66. The van der Waals surface area contributed by atoms with Crippen molar-refractivity contribution in [3.8, 4) is 46.0 Å². The van der Waals surface area contributed by atoms with Crippen LogP contribution in [0.25, 0.3) is 11.1 Å². The van der Waals surface area contributed by atoms with Crippen molar-refractivity contribution in [1.29, 1.82) is 0 Å². The normalized spacial score (nSPS) is 12.1. The van der Waals surface area contributed by atoms with Gasteiger partial charge in [-0.3, -0.25) is 14.4 Å².